The molecule has 1 amide bonds. The molecule has 0 aliphatic heterocycles. The quantitative estimate of drug-likeness (QED) is 0.441. The van der Waals surface area contributed by atoms with Gasteiger partial charge in [-0.1, -0.05) is 42.5 Å². The lowest BCUT2D eigenvalue weighted by Crippen LogP contribution is -2.27. The Labute approximate surface area is 195 Å². The molecule has 174 valence electrons. The fraction of sp³-hybridized carbons (Fsp3) is 0.296. The van der Waals surface area contributed by atoms with Gasteiger partial charge in [-0.25, -0.2) is 0 Å². The van der Waals surface area contributed by atoms with Gasteiger partial charge in [0.25, 0.3) is 0 Å². The van der Waals surface area contributed by atoms with E-state index in [4.69, 9.17) is 18.9 Å². The van der Waals surface area contributed by atoms with Gasteiger partial charge in [-0.05, 0) is 41.0 Å². The molecule has 0 saturated carbocycles. The van der Waals surface area contributed by atoms with Crippen molar-refractivity contribution in [3.8, 4) is 23.0 Å². The fourth-order valence-electron chi connectivity index (χ4n) is 3.84. The van der Waals surface area contributed by atoms with Crippen LogP contribution in [0.4, 0.5) is 0 Å². The highest BCUT2D eigenvalue weighted by Crippen LogP contribution is 2.38. The van der Waals surface area contributed by atoms with E-state index in [9.17, 15) is 4.79 Å². The van der Waals surface area contributed by atoms with Crippen molar-refractivity contribution in [3.05, 3.63) is 83.4 Å². The molecule has 0 aliphatic carbocycles. The summed E-state index contributed by atoms with van der Waals surface area (Å²) in [6.45, 7) is 0.546. The van der Waals surface area contributed by atoms with Gasteiger partial charge in [-0.15, -0.1) is 0 Å². The second kappa shape index (κ2) is 11.3. The fourth-order valence-corrected chi connectivity index (χ4v) is 3.84. The van der Waals surface area contributed by atoms with Crippen molar-refractivity contribution in [2.24, 2.45) is 0 Å². The molecule has 6 nitrogen and oxygen atoms in total. The van der Waals surface area contributed by atoms with E-state index in [1.54, 1.807) is 33.3 Å². The molecule has 3 aromatic rings. The smallest absolute Gasteiger partial charge is 0.223 e. The van der Waals surface area contributed by atoms with Gasteiger partial charge in [-0.3, -0.25) is 4.79 Å². The molecule has 33 heavy (non-hydrogen) atoms. The summed E-state index contributed by atoms with van der Waals surface area (Å²) < 4.78 is 21.8. The van der Waals surface area contributed by atoms with Crippen LogP contribution in [0.5, 0.6) is 23.0 Å². The first-order valence-electron chi connectivity index (χ1n) is 10.7. The van der Waals surface area contributed by atoms with E-state index in [0.717, 1.165) is 16.7 Å². The number of carbonyl (C=O) groups is 1. The molecule has 3 rings (SSSR count). The highest BCUT2D eigenvalue weighted by molar-refractivity contribution is 5.77. The van der Waals surface area contributed by atoms with Crippen molar-refractivity contribution < 1.29 is 23.7 Å². The Morgan fingerprint density at radius 3 is 1.67 bits per heavy atom. The number of methoxy groups -OCH3 is 4. The van der Waals surface area contributed by atoms with Crippen LogP contribution in [0.2, 0.25) is 0 Å². The van der Waals surface area contributed by atoms with Gasteiger partial charge >= 0.3 is 0 Å². The molecule has 0 fully saturated rings. The van der Waals surface area contributed by atoms with Crippen LogP contribution in [0.3, 0.4) is 0 Å². The summed E-state index contributed by atoms with van der Waals surface area (Å²) in [5.41, 5.74) is 2.98. The minimum Gasteiger partial charge on any atom is -0.493 e. The first-order chi connectivity index (χ1) is 16.0. The summed E-state index contributed by atoms with van der Waals surface area (Å²) >= 11 is 0. The number of carbonyl (C=O) groups excluding carboxylic acids is 1. The summed E-state index contributed by atoms with van der Waals surface area (Å²) in [6.07, 6.45) is 0.286. The monoisotopic (exact) mass is 449 g/mol. The normalized spacial score (nSPS) is 10.6. The van der Waals surface area contributed by atoms with Crippen molar-refractivity contribution in [1.82, 2.24) is 4.90 Å². The minimum atomic E-state index is -0.213. The summed E-state index contributed by atoms with van der Waals surface area (Å²) in [5.74, 6) is 2.33. The summed E-state index contributed by atoms with van der Waals surface area (Å²) in [5, 5.41) is 0. The molecule has 0 unspecified atom stereocenters. The third-order valence-corrected chi connectivity index (χ3v) is 5.69. The first kappa shape index (κ1) is 24.0. The van der Waals surface area contributed by atoms with E-state index in [-0.39, 0.29) is 18.2 Å². The van der Waals surface area contributed by atoms with E-state index >= 15 is 0 Å². The molecule has 3 aromatic carbocycles. The SMILES string of the molecule is COc1ccc(C(CC(=O)N(C)Cc2ccccc2)c2ccc(OC)c(OC)c2)cc1OC. The van der Waals surface area contributed by atoms with Crippen molar-refractivity contribution in [1.29, 1.82) is 0 Å². The molecular formula is C27H31NO5. The Morgan fingerprint density at radius 2 is 1.21 bits per heavy atom. The molecule has 0 aromatic heterocycles. The Kier molecular flexibility index (Phi) is 8.19. The third-order valence-electron chi connectivity index (χ3n) is 5.69. The predicted molar refractivity (Wildman–Crippen MR) is 128 cm³/mol. The maximum atomic E-state index is 13.3. The second-order valence-electron chi connectivity index (χ2n) is 7.72. The van der Waals surface area contributed by atoms with Crippen molar-refractivity contribution >= 4 is 5.91 Å². The Bertz CT molecular complexity index is 1010. The lowest BCUT2D eigenvalue weighted by atomic mass is 9.87. The molecule has 0 bridgehead atoms. The molecule has 0 spiro atoms. The van der Waals surface area contributed by atoms with Crippen LogP contribution in [-0.2, 0) is 11.3 Å². The molecule has 0 heterocycles. The molecule has 0 N–H and O–H groups in total. The molecule has 0 aliphatic rings. The average molecular weight is 450 g/mol. The van der Waals surface area contributed by atoms with Crippen LogP contribution < -0.4 is 18.9 Å². The van der Waals surface area contributed by atoms with Crippen LogP contribution in [-0.4, -0.2) is 46.3 Å². The zero-order valence-electron chi connectivity index (χ0n) is 19.8. The Hall–Kier alpha value is -3.67. The van der Waals surface area contributed by atoms with Crippen LogP contribution in [0.1, 0.15) is 29.0 Å². The number of ether oxygens (including phenoxy) is 4. The van der Waals surface area contributed by atoms with E-state index in [1.165, 1.54) is 0 Å². The van der Waals surface area contributed by atoms with Gasteiger partial charge in [-0.2, -0.15) is 0 Å². The van der Waals surface area contributed by atoms with Crippen molar-refractivity contribution in [3.63, 3.8) is 0 Å². The Morgan fingerprint density at radius 1 is 0.727 bits per heavy atom. The van der Waals surface area contributed by atoms with Gasteiger partial charge in [0.15, 0.2) is 23.0 Å². The average Bonchev–Trinajstić information content (AvgIpc) is 2.86. The second-order valence-corrected chi connectivity index (χ2v) is 7.72. The lowest BCUT2D eigenvalue weighted by molar-refractivity contribution is -0.130. The lowest BCUT2D eigenvalue weighted by Gasteiger charge is -2.24. The highest BCUT2D eigenvalue weighted by Gasteiger charge is 2.23. The van der Waals surface area contributed by atoms with Crippen LogP contribution in [0, 0.1) is 0 Å². The predicted octanol–water partition coefficient (Wildman–Crippen LogP) is 4.90. The zero-order chi connectivity index (χ0) is 23.8. The highest BCUT2D eigenvalue weighted by atomic mass is 16.5. The first-order valence-corrected chi connectivity index (χ1v) is 10.7. The van der Waals surface area contributed by atoms with Gasteiger partial charge in [0.1, 0.15) is 0 Å². The van der Waals surface area contributed by atoms with E-state index in [2.05, 4.69) is 0 Å². The van der Waals surface area contributed by atoms with Crippen molar-refractivity contribution in [2.45, 2.75) is 18.9 Å². The number of benzene rings is 3. The Balaban J connectivity index is 1.96. The van der Waals surface area contributed by atoms with E-state index in [1.807, 2.05) is 73.8 Å². The third kappa shape index (κ3) is 5.77. The largest absolute Gasteiger partial charge is 0.493 e. The maximum Gasteiger partial charge on any atom is 0.223 e. The minimum absolute atomic E-state index is 0.0356. The van der Waals surface area contributed by atoms with Gasteiger partial charge in [0, 0.05) is 25.9 Å². The number of amides is 1. The van der Waals surface area contributed by atoms with Gasteiger partial charge < -0.3 is 23.8 Å². The molecule has 0 saturated heterocycles. The number of hydrogen-bond donors (Lipinski definition) is 0. The summed E-state index contributed by atoms with van der Waals surface area (Å²) in [7, 11) is 8.24. The topological polar surface area (TPSA) is 57.2 Å². The number of nitrogens with zero attached hydrogens (tertiary/aromatic N) is 1. The number of hydrogen-bond acceptors (Lipinski definition) is 5. The molecule has 0 radical (unpaired) electrons. The van der Waals surface area contributed by atoms with Gasteiger partial charge in [0.05, 0.1) is 28.4 Å². The van der Waals surface area contributed by atoms with Crippen molar-refractivity contribution in [2.75, 3.05) is 35.5 Å². The van der Waals surface area contributed by atoms with Crippen LogP contribution in [0.25, 0.3) is 0 Å². The number of rotatable bonds is 10. The summed E-state index contributed by atoms with van der Waals surface area (Å²) in [4.78, 5) is 15.0. The standard InChI is InChI=1S/C27H31NO5/c1-28(18-19-9-7-6-8-10-19)27(29)17-22(20-11-13-23(30-2)25(15-20)32-4)21-12-14-24(31-3)26(16-21)33-5/h6-16,22H,17-18H2,1-5H3. The molecule has 0 atom stereocenters. The molecular weight excluding hydrogens is 418 g/mol. The summed E-state index contributed by atoms with van der Waals surface area (Å²) in [6, 6.07) is 21.5. The molecule has 6 heteroatoms. The maximum absolute atomic E-state index is 13.3. The van der Waals surface area contributed by atoms with Gasteiger partial charge in [0.2, 0.25) is 5.91 Å². The zero-order valence-corrected chi connectivity index (χ0v) is 19.8. The van der Waals surface area contributed by atoms with Crippen LogP contribution >= 0.6 is 0 Å². The van der Waals surface area contributed by atoms with E-state index in [0.29, 0.717) is 29.5 Å². The van der Waals surface area contributed by atoms with E-state index < -0.39 is 0 Å². The van der Waals surface area contributed by atoms with Crippen LogP contribution in [0.15, 0.2) is 66.7 Å².